The fourth-order valence-corrected chi connectivity index (χ4v) is 7.29. The second-order valence-corrected chi connectivity index (χ2v) is 13.1. The zero-order chi connectivity index (χ0) is 30.8. The highest BCUT2D eigenvalue weighted by atomic mass is 35.5. The van der Waals surface area contributed by atoms with Gasteiger partial charge in [-0.1, -0.05) is 54.0 Å². The van der Waals surface area contributed by atoms with Gasteiger partial charge in [0.1, 0.15) is 29.5 Å². The van der Waals surface area contributed by atoms with Crippen LogP contribution in [0.25, 0.3) is 10.2 Å². The van der Waals surface area contributed by atoms with Crippen LogP contribution < -0.4 is 20.1 Å². The van der Waals surface area contributed by atoms with Crippen LogP contribution in [0.4, 0.5) is 5.69 Å². The van der Waals surface area contributed by atoms with Crippen LogP contribution in [0.15, 0.2) is 54.6 Å². The van der Waals surface area contributed by atoms with Gasteiger partial charge in [-0.25, -0.2) is 9.78 Å². The number of allylic oxidation sites excluding steroid dienone is 1. The predicted molar refractivity (Wildman–Crippen MR) is 168 cm³/mol. The monoisotopic (exact) mass is 638 g/mol. The maximum atomic E-state index is 14.3. The summed E-state index contributed by atoms with van der Waals surface area (Å²) in [4.78, 5) is 46.6. The van der Waals surface area contributed by atoms with Gasteiger partial charge in [0.25, 0.3) is 5.19 Å². The number of anilines is 1. The van der Waals surface area contributed by atoms with Crippen molar-refractivity contribution in [1.82, 2.24) is 15.2 Å². The maximum Gasteiger partial charge on any atom is 0.330 e. The molecular formula is C32H35ClN4O6S. The number of amides is 2. The maximum absolute atomic E-state index is 14.3. The molecule has 6 rings (SSSR count). The number of rotatable bonds is 6. The van der Waals surface area contributed by atoms with E-state index in [1.165, 1.54) is 11.3 Å². The standard InChI is InChI=1S/C32H35ClN4O6S/c1-42-22-10-7-9-21(15-22)34-25-11-6-4-2-3-5-8-19-17-32(19,30(40)41)36-28(38)26-16-23(18-37(26)29(25)39)43-31-35-24-13-12-20(33)14-27(24)44-31/h5,7-10,12-15,19,23,25-26,34H,2-4,6,11,16-18H2,1H3,(H,36,38)(H,40,41)/b8-5-/t19-,23-,25+,26+,32-/m1/s1. The SMILES string of the molecule is COc1cccc(N[C@H]2CCCCC/C=C\[C@@H]3C[C@@]3(C(=O)O)NC(=O)[C@@H]3C[C@@H](Oc4nc5ccc(Cl)cc5s4)CN3C2=O)c1. The zero-order valence-electron chi connectivity index (χ0n) is 24.3. The van der Waals surface area contributed by atoms with Gasteiger partial charge in [0, 0.05) is 29.1 Å². The Morgan fingerprint density at radius 2 is 2.07 bits per heavy atom. The number of halogens is 1. The number of thiazole rings is 1. The molecule has 0 unspecified atom stereocenters. The number of benzene rings is 2. The summed E-state index contributed by atoms with van der Waals surface area (Å²) in [6, 6.07) is 11.3. The van der Waals surface area contributed by atoms with Crippen molar-refractivity contribution < 1.29 is 29.0 Å². The largest absolute Gasteiger partial charge is 0.497 e. The molecule has 2 amide bonds. The number of carbonyl (C=O) groups excluding carboxylic acids is 2. The van der Waals surface area contributed by atoms with Crippen LogP contribution in [0.3, 0.4) is 0 Å². The van der Waals surface area contributed by atoms with Crippen LogP contribution >= 0.6 is 22.9 Å². The molecule has 0 bridgehead atoms. The molecule has 1 saturated carbocycles. The Kier molecular flexibility index (Phi) is 8.68. The minimum Gasteiger partial charge on any atom is -0.497 e. The Morgan fingerprint density at radius 3 is 2.89 bits per heavy atom. The van der Waals surface area contributed by atoms with Gasteiger partial charge >= 0.3 is 5.97 Å². The number of carboxylic acids is 1. The lowest BCUT2D eigenvalue weighted by molar-refractivity contribution is -0.145. The third-order valence-corrected chi connectivity index (χ3v) is 9.77. The summed E-state index contributed by atoms with van der Waals surface area (Å²) < 4.78 is 12.5. The van der Waals surface area contributed by atoms with Crippen molar-refractivity contribution in [2.75, 3.05) is 19.0 Å². The molecule has 0 radical (unpaired) electrons. The van der Waals surface area contributed by atoms with Gasteiger partial charge in [-0.15, -0.1) is 0 Å². The van der Waals surface area contributed by atoms with Gasteiger partial charge < -0.3 is 30.1 Å². The van der Waals surface area contributed by atoms with E-state index in [-0.39, 0.29) is 24.8 Å². The second kappa shape index (κ2) is 12.6. The average molecular weight is 639 g/mol. The molecular weight excluding hydrogens is 604 g/mol. The molecule has 5 atom stereocenters. The van der Waals surface area contributed by atoms with Crippen LogP contribution in [-0.2, 0) is 14.4 Å². The molecule has 3 aliphatic rings. The van der Waals surface area contributed by atoms with E-state index in [2.05, 4.69) is 15.6 Å². The summed E-state index contributed by atoms with van der Waals surface area (Å²) in [7, 11) is 1.59. The number of carboxylic acid groups (broad SMARTS) is 1. The van der Waals surface area contributed by atoms with E-state index in [0.717, 1.165) is 41.6 Å². The highest BCUT2D eigenvalue weighted by molar-refractivity contribution is 7.20. The second-order valence-electron chi connectivity index (χ2n) is 11.6. The zero-order valence-corrected chi connectivity index (χ0v) is 25.9. The molecule has 2 aliphatic heterocycles. The fraction of sp³-hybridized carbons (Fsp3) is 0.438. The van der Waals surface area contributed by atoms with Crippen LogP contribution in [-0.4, -0.2) is 70.2 Å². The number of ether oxygens (including phenoxy) is 2. The van der Waals surface area contributed by atoms with Crippen LogP contribution in [0.1, 0.15) is 44.9 Å². The molecule has 1 saturated heterocycles. The van der Waals surface area contributed by atoms with E-state index in [1.54, 1.807) is 18.1 Å². The summed E-state index contributed by atoms with van der Waals surface area (Å²) in [5.74, 6) is -1.43. The van der Waals surface area contributed by atoms with Crippen LogP contribution in [0.2, 0.25) is 5.02 Å². The van der Waals surface area contributed by atoms with Crippen LogP contribution in [0.5, 0.6) is 10.9 Å². The number of aromatic nitrogens is 1. The minimum absolute atomic E-state index is 0.160. The third-order valence-electron chi connectivity index (χ3n) is 8.63. The van der Waals surface area contributed by atoms with Crippen molar-refractivity contribution in [1.29, 1.82) is 0 Å². The van der Waals surface area contributed by atoms with Crippen LogP contribution in [0, 0.1) is 5.92 Å². The summed E-state index contributed by atoms with van der Waals surface area (Å²) in [6.07, 6.45) is 7.95. The number of fused-ring (bicyclic) bond motifs is 3. The summed E-state index contributed by atoms with van der Waals surface area (Å²) in [6.45, 7) is 0.160. The molecule has 1 aromatic heterocycles. The molecule has 12 heteroatoms. The molecule has 2 fully saturated rings. The average Bonchev–Trinajstić information content (AvgIpc) is 3.32. The van der Waals surface area contributed by atoms with Gasteiger partial charge in [0.05, 0.1) is 23.9 Å². The van der Waals surface area contributed by atoms with Gasteiger partial charge in [-0.2, -0.15) is 0 Å². The summed E-state index contributed by atoms with van der Waals surface area (Å²) >= 11 is 7.50. The summed E-state index contributed by atoms with van der Waals surface area (Å²) in [5.41, 5.74) is 0.108. The Morgan fingerprint density at radius 1 is 1.20 bits per heavy atom. The first kappa shape index (κ1) is 30.2. The number of nitrogens with one attached hydrogen (secondary N) is 2. The van der Waals surface area contributed by atoms with Gasteiger partial charge in [0.15, 0.2) is 0 Å². The Balaban J connectivity index is 1.29. The molecule has 3 heterocycles. The van der Waals surface area contributed by atoms with E-state index in [9.17, 15) is 19.5 Å². The molecule has 1 aliphatic carbocycles. The van der Waals surface area contributed by atoms with E-state index < -0.39 is 35.6 Å². The number of methoxy groups -OCH3 is 1. The van der Waals surface area contributed by atoms with Gasteiger partial charge in [-0.05, 0) is 56.0 Å². The molecule has 2 aromatic carbocycles. The Labute approximate surface area is 264 Å². The number of nitrogens with zero attached hydrogens (tertiary/aromatic N) is 2. The Bertz CT molecular complexity index is 1600. The topological polar surface area (TPSA) is 130 Å². The lowest BCUT2D eigenvalue weighted by Gasteiger charge is -2.30. The first-order valence-corrected chi connectivity index (χ1v) is 16.1. The number of carbonyl (C=O) groups is 3. The smallest absolute Gasteiger partial charge is 0.330 e. The quantitative estimate of drug-likeness (QED) is 0.312. The molecule has 44 heavy (non-hydrogen) atoms. The van der Waals surface area contributed by atoms with Gasteiger partial charge in [-0.3, -0.25) is 9.59 Å². The van der Waals surface area contributed by atoms with E-state index in [4.69, 9.17) is 21.1 Å². The van der Waals surface area contributed by atoms with E-state index in [1.807, 2.05) is 48.6 Å². The molecule has 0 spiro atoms. The number of hydrogen-bond donors (Lipinski definition) is 3. The van der Waals surface area contributed by atoms with Crippen molar-refractivity contribution in [2.24, 2.45) is 5.92 Å². The van der Waals surface area contributed by atoms with Gasteiger partial charge in [0.2, 0.25) is 11.8 Å². The van der Waals surface area contributed by atoms with Crippen molar-refractivity contribution in [3.05, 3.63) is 59.6 Å². The lowest BCUT2D eigenvalue weighted by atomic mass is 10.0. The highest BCUT2D eigenvalue weighted by Gasteiger charge is 2.61. The fourth-order valence-electron chi connectivity index (χ4n) is 6.13. The van der Waals surface area contributed by atoms with Crippen molar-refractivity contribution in [2.45, 2.75) is 68.7 Å². The third kappa shape index (κ3) is 6.34. The summed E-state index contributed by atoms with van der Waals surface area (Å²) in [5, 5.41) is 17.3. The first-order chi connectivity index (χ1) is 21.3. The first-order valence-electron chi connectivity index (χ1n) is 14.9. The number of aliphatic carboxylic acids is 1. The lowest BCUT2D eigenvalue weighted by Crippen LogP contribution is -2.55. The normalized spacial score (nSPS) is 28.2. The number of hydrogen-bond acceptors (Lipinski definition) is 8. The van der Waals surface area contributed by atoms with Crippen molar-refractivity contribution in [3.63, 3.8) is 0 Å². The molecule has 10 nitrogen and oxygen atoms in total. The van der Waals surface area contributed by atoms with E-state index in [0.29, 0.717) is 28.8 Å². The molecule has 3 N–H and O–H groups in total. The van der Waals surface area contributed by atoms with E-state index >= 15 is 0 Å². The van der Waals surface area contributed by atoms with Crippen molar-refractivity contribution >= 4 is 56.6 Å². The molecule has 3 aromatic rings. The highest BCUT2D eigenvalue weighted by Crippen LogP contribution is 2.45. The van der Waals surface area contributed by atoms with Crippen molar-refractivity contribution in [3.8, 4) is 10.9 Å². The molecule has 232 valence electrons. The predicted octanol–water partition coefficient (Wildman–Crippen LogP) is 5.27. The Hall–Kier alpha value is -3.83. The minimum atomic E-state index is -1.37.